The highest BCUT2D eigenvalue weighted by Gasteiger charge is 2.47. The van der Waals surface area contributed by atoms with Gasteiger partial charge in [0.25, 0.3) is 0 Å². The molecule has 1 saturated heterocycles. The van der Waals surface area contributed by atoms with Gasteiger partial charge in [0.2, 0.25) is 0 Å². The van der Waals surface area contributed by atoms with Crippen LogP contribution in [-0.2, 0) is 0 Å². The zero-order valence-corrected chi connectivity index (χ0v) is 13.6. The summed E-state index contributed by atoms with van der Waals surface area (Å²) in [4.78, 5) is 0. The van der Waals surface area contributed by atoms with Gasteiger partial charge in [0.05, 0.1) is 0 Å². The molecule has 1 heterocycles. The van der Waals surface area contributed by atoms with Crippen LogP contribution in [0.5, 0.6) is 0 Å². The molecule has 0 aromatic heterocycles. The van der Waals surface area contributed by atoms with Crippen molar-refractivity contribution in [3.8, 4) is 0 Å². The molecule has 0 aromatic rings. The molecule has 116 valence electrons. The molecule has 3 aliphatic rings. The van der Waals surface area contributed by atoms with Crippen LogP contribution in [0.4, 0.5) is 0 Å². The van der Waals surface area contributed by atoms with Crippen LogP contribution < -0.4 is 5.32 Å². The molecule has 20 heavy (non-hydrogen) atoms. The van der Waals surface area contributed by atoms with Crippen LogP contribution in [-0.4, -0.2) is 12.6 Å². The van der Waals surface area contributed by atoms with Crippen LogP contribution in [0.2, 0.25) is 0 Å². The van der Waals surface area contributed by atoms with Crippen molar-refractivity contribution < 1.29 is 0 Å². The summed E-state index contributed by atoms with van der Waals surface area (Å²) in [6, 6.07) is 0.822. The number of nitrogens with one attached hydrogen (secondary N) is 1. The summed E-state index contributed by atoms with van der Waals surface area (Å²) < 4.78 is 0. The standard InChI is InChI=1S/C19H35N/c1-19(16-10-4-2-5-11-16,17-12-6-3-7-13-17)18-14-8-9-15-20-18/h16-18,20H,2-15H2,1H3. The first-order valence-corrected chi connectivity index (χ1v) is 9.55. The van der Waals surface area contributed by atoms with Crippen molar-refractivity contribution >= 4 is 0 Å². The van der Waals surface area contributed by atoms with Crippen molar-refractivity contribution in [2.75, 3.05) is 6.54 Å². The molecule has 1 aliphatic heterocycles. The summed E-state index contributed by atoms with van der Waals surface area (Å²) in [6.45, 7) is 3.97. The summed E-state index contributed by atoms with van der Waals surface area (Å²) in [6.07, 6.45) is 19.4. The molecule has 2 aliphatic carbocycles. The second-order valence-corrected chi connectivity index (χ2v) is 8.04. The van der Waals surface area contributed by atoms with Crippen LogP contribution in [0.1, 0.15) is 90.4 Å². The summed E-state index contributed by atoms with van der Waals surface area (Å²) >= 11 is 0. The third-order valence-corrected chi connectivity index (χ3v) is 7.03. The highest BCUT2D eigenvalue weighted by atomic mass is 14.9. The lowest BCUT2D eigenvalue weighted by Crippen LogP contribution is -2.54. The Morgan fingerprint density at radius 1 is 0.650 bits per heavy atom. The fourth-order valence-corrected chi connectivity index (χ4v) is 5.73. The van der Waals surface area contributed by atoms with E-state index >= 15 is 0 Å². The zero-order chi connectivity index (χ0) is 13.8. The van der Waals surface area contributed by atoms with Crippen LogP contribution in [0, 0.1) is 17.3 Å². The van der Waals surface area contributed by atoms with Gasteiger partial charge >= 0.3 is 0 Å². The monoisotopic (exact) mass is 277 g/mol. The first kappa shape index (κ1) is 14.9. The number of hydrogen-bond donors (Lipinski definition) is 1. The van der Waals surface area contributed by atoms with Crippen molar-refractivity contribution in [2.24, 2.45) is 17.3 Å². The van der Waals surface area contributed by atoms with E-state index in [1.54, 1.807) is 0 Å². The summed E-state index contributed by atoms with van der Waals surface area (Å²) in [5, 5.41) is 3.95. The van der Waals surface area contributed by atoms with Gasteiger partial charge in [-0.15, -0.1) is 0 Å². The molecule has 1 nitrogen and oxygen atoms in total. The molecule has 1 N–H and O–H groups in total. The molecule has 0 amide bonds. The van der Waals surface area contributed by atoms with E-state index in [1.165, 1.54) is 90.0 Å². The molecule has 0 aromatic carbocycles. The Morgan fingerprint density at radius 2 is 1.15 bits per heavy atom. The molecule has 0 radical (unpaired) electrons. The fourth-order valence-electron chi connectivity index (χ4n) is 5.73. The molecule has 3 fully saturated rings. The van der Waals surface area contributed by atoms with Crippen LogP contribution >= 0.6 is 0 Å². The van der Waals surface area contributed by atoms with E-state index in [0.717, 1.165) is 17.9 Å². The van der Waals surface area contributed by atoms with Crippen LogP contribution in [0.25, 0.3) is 0 Å². The van der Waals surface area contributed by atoms with E-state index in [-0.39, 0.29) is 0 Å². The number of piperidine rings is 1. The minimum Gasteiger partial charge on any atom is -0.313 e. The van der Waals surface area contributed by atoms with E-state index in [4.69, 9.17) is 0 Å². The molecule has 1 heteroatoms. The normalized spacial score (nSPS) is 31.4. The van der Waals surface area contributed by atoms with Crippen LogP contribution in [0.15, 0.2) is 0 Å². The lowest BCUT2D eigenvalue weighted by atomic mass is 9.55. The third kappa shape index (κ3) is 2.93. The van der Waals surface area contributed by atoms with Crippen molar-refractivity contribution in [2.45, 2.75) is 96.4 Å². The Labute approximate surface area is 126 Å². The maximum Gasteiger partial charge on any atom is 0.0126 e. The van der Waals surface area contributed by atoms with Gasteiger partial charge in [-0.2, -0.15) is 0 Å². The number of rotatable bonds is 3. The second-order valence-electron chi connectivity index (χ2n) is 8.04. The van der Waals surface area contributed by atoms with E-state index in [1.807, 2.05) is 0 Å². The maximum atomic E-state index is 3.95. The molecule has 1 atom stereocenters. The van der Waals surface area contributed by atoms with Gasteiger partial charge < -0.3 is 5.32 Å². The Morgan fingerprint density at radius 3 is 1.60 bits per heavy atom. The highest BCUT2D eigenvalue weighted by Crippen LogP contribution is 2.52. The SMILES string of the molecule is CC(C1CCCCC1)(C1CCCCC1)C1CCCCN1. The van der Waals surface area contributed by atoms with Crippen molar-refractivity contribution in [3.05, 3.63) is 0 Å². The smallest absolute Gasteiger partial charge is 0.0126 e. The molecular weight excluding hydrogens is 242 g/mol. The number of hydrogen-bond acceptors (Lipinski definition) is 1. The third-order valence-electron chi connectivity index (χ3n) is 7.03. The van der Waals surface area contributed by atoms with E-state index in [0.29, 0.717) is 5.41 Å². The van der Waals surface area contributed by atoms with Gasteiger partial charge in [0.1, 0.15) is 0 Å². The first-order valence-electron chi connectivity index (χ1n) is 9.55. The van der Waals surface area contributed by atoms with Gasteiger partial charge in [-0.3, -0.25) is 0 Å². The fraction of sp³-hybridized carbons (Fsp3) is 1.00. The Hall–Kier alpha value is -0.0400. The average Bonchev–Trinajstić information content (AvgIpc) is 2.56. The average molecular weight is 277 g/mol. The molecule has 3 rings (SSSR count). The largest absolute Gasteiger partial charge is 0.313 e. The van der Waals surface area contributed by atoms with Gasteiger partial charge in [-0.25, -0.2) is 0 Å². The van der Waals surface area contributed by atoms with E-state index in [2.05, 4.69) is 12.2 Å². The van der Waals surface area contributed by atoms with Crippen molar-refractivity contribution in [3.63, 3.8) is 0 Å². The minimum atomic E-state index is 0.598. The van der Waals surface area contributed by atoms with Gasteiger partial charge in [-0.1, -0.05) is 51.9 Å². The molecule has 1 unspecified atom stereocenters. The topological polar surface area (TPSA) is 12.0 Å². The van der Waals surface area contributed by atoms with Gasteiger partial charge in [-0.05, 0) is 62.3 Å². The van der Waals surface area contributed by atoms with Crippen LogP contribution in [0.3, 0.4) is 0 Å². The summed E-state index contributed by atoms with van der Waals surface area (Å²) in [7, 11) is 0. The first-order chi connectivity index (χ1) is 9.82. The molecule has 2 saturated carbocycles. The predicted molar refractivity (Wildman–Crippen MR) is 86.9 cm³/mol. The Balaban J connectivity index is 1.79. The van der Waals surface area contributed by atoms with Gasteiger partial charge in [0, 0.05) is 6.04 Å². The lowest BCUT2D eigenvalue weighted by molar-refractivity contribution is -0.00616. The van der Waals surface area contributed by atoms with Gasteiger partial charge in [0.15, 0.2) is 0 Å². The predicted octanol–water partition coefficient (Wildman–Crippen LogP) is 5.30. The zero-order valence-electron chi connectivity index (χ0n) is 13.6. The molecule has 0 spiro atoms. The van der Waals surface area contributed by atoms with Crippen molar-refractivity contribution in [1.82, 2.24) is 5.32 Å². The summed E-state index contributed by atoms with van der Waals surface area (Å²) in [5.74, 6) is 2.02. The highest BCUT2D eigenvalue weighted by molar-refractivity contribution is 4.99. The summed E-state index contributed by atoms with van der Waals surface area (Å²) in [5.41, 5.74) is 0.598. The molecular formula is C19H35N. The van der Waals surface area contributed by atoms with E-state index in [9.17, 15) is 0 Å². The molecule has 0 bridgehead atoms. The minimum absolute atomic E-state index is 0.598. The lowest BCUT2D eigenvalue weighted by Gasteiger charge is -2.53. The second kappa shape index (κ2) is 6.81. The quantitative estimate of drug-likeness (QED) is 0.738. The van der Waals surface area contributed by atoms with Crippen molar-refractivity contribution in [1.29, 1.82) is 0 Å². The Kier molecular flexibility index (Phi) is 5.07. The Bertz CT molecular complexity index is 235. The maximum absolute atomic E-state index is 3.95. The van der Waals surface area contributed by atoms with E-state index < -0.39 is 0 Å².